The van der Waals surface area contributed by atoms with Crippen LogP contribution in [0.2, 0.25) is 0 Å². The van der Waals surface area contributed by atoms with Crippen molar-refractivity contribution in [2.24, 2.45) is 5.16 Å². The van der Waals surface area contributed by atoms with Crippen molar-refractivity contribution in [2.75, 3.05) is 17.2 Å². The van der Waals surface area contributed by atoms with Gasteiger partial charge in [0, 0.05) is 16.9 Å². The van der Waals surface area contributed by atoms with Crippen LogP contribution in [0.15, 0.2) is 54.3 Å². The zero-order valence-corrected chi connectivity index (χ0v) is 24.9. The number of oxime groups is 1. The predicted molar refractivity (Wildman–Crippen MR) is 154 cm³/mol. The van der Waals surface area contributed by atoms with E-state index in [0.717, 1.165) is 11.3 Å². The van der Waals surface area contributed by atoms with Gasteiger partial charge in [-0.05, 0) is 39.2 Å². The second-order valence-electron chi connectivity index (χ2n) is 8.18. The molecule has 2 aliphatic rings. The Balaban J connectivity index is 1.30. The van der Waals surface area contributed by atoms with Gasteiger partial charge in [0.25, 0.3) is 11.8 Å². The minimum absolute atomic E-state index is 0.0186. The van der Waals surface area contributed by atoms with Crippen molar-refractivity contribution in [3.05, 3.63) is 56.1 Å². The highest BCUT2D eigenvalue weighted by atomic mass is 79.9. The number of thiazole rings is 1. The van der Waals surface area contributed by atoms with Gasteiger partial charge in [0.2, 0.25) is 0 Å². The highest BCUT2D eigenvalue weighted by Crippen LogP contribution is 2.41. The molecule has 1 saturated heterocycles. The van der Waals surface area contributed by atoms with Crippen molar-refractivity contribution in [3.8, 4) is 5.75 Å². The van der Waals surface area contributed by atoms with Crippen molar-refractivity contribution in [2.45, 2.75) is 22.4 Å². The minimum Gasteiger partial charge on any atom is -0.507 e. The molecular weight excluding hydrogens is 666 g/mol. The SMILES string of the molecule is Nc1nc(C(=NOCc2ccc(Br)c(O)c2)C(=O)NC2C(=O)N3C(C(=O)O)=C(CSc4nncs4)CS[C@@H]23)cs1. The Kier molecular flexibility index (Phi) is 8.60. The highest BCUT2D eigenvalue weighted by molar-refractivity contribution is 9.10. The molecule has 3 aromatic rings. The van der Waals surface area contributed by atoms with Gasteiger partial charge >= 0.3 is 5.97 Å². The van der Waals surface area contributed by atoms with Crippen molar-refractivity contribution >= 4 is 90.8 Å². The quantitative estimate of drug-likeness (QED) is 0.106. The van der Waals surface area contributed by atoms with Crippen molar-refractivity contribution in [3.63, 3.8) is 0 Å². The number of aliphatic carboxylic acids is 1. The number of carboxylic acid groups (broad SMARTS) is 1. The summed E-state index contributed by atoms with van der Waals surface area (Å²) >= 11 is 8.34. The van der Waals surface area contributed by atoms with E-state index >= 15 is 0 Å². The zero-order chi connectivity index (χ0) is 28.4. The average Bonchev–Trinajstić information content (AvgIpc) is 3.61. The predicted octanol–water partition coefficient (Wildman–Crippen LogP) is 2.50. The molecule has 0 bridgehead atoms. The number of carbonyl (C=O) groups is 3. The third-order valence-electron chi connectivity index (χ3n) is 5.62. The van der Waals surface area contributed by atoms with Crippen LogP contribution in [-0.4, -0.2) is 76.7 Å². The van der Waals surface area contributed by atoms with E-state index in [2.05, 4.69) is 41.6 Å². The molecule has 0 saturated carbocycles. The van der Waals surface area contributed by atoms with Crippen LogP contribution in [0.3, 0.4) is 0 Å². The second kappa shape index (κ2) is 12.1. The van der Waals surface area contributed by atoms with E-state index in [1.807, 2.05) is 0 Å². The number of phenolic OH excluding ortho intramolecular Hbond substituents is 1. The number of nitrogen functional groups attached to an aromatic ring is 1. The molecule has 40 heavy (non-hydrogen) atoms. The van der Waals surface area contributed by atoms with E-state index in [1.165, 1.54) is 51.2 Å². The largest absolute Gasteiger partial charge is 0.507 e. The summed E-state index contributed by atoms with van der Waals surface area (Å²) in [4.78, 5) is 49.1. The van der Waals surface area contributed by atoms with Crippen LogP contribution in [0, 0.1) is 0 Å². The number of carboxylic acids is 1. The number of phenols is 1. The maximum atomic E-state index is 13.3. The number of nitrogens with two attached hydrogens (primary N) is 1. The Morgan fingerprint density at radius 2 is 2.17 bits per heavy atom. The molecule has 2 atom stereocenters. The number of rotatable bonds is 10. The molecule has 0 radical (unpaired) electrons. The molecule has 0 spiro atoms. The molecule has 0 aliphatic carbocycles. The molecule has 18 heteroatoms. The number of thioether (sulfide) groups is 2. The van der Waals surface area contributed by atoms with E-state index in [-0.39, 0.29) is 34.6 Å². The fourth-order valence-corrected chi connectivity index (χ4v) is 7.57. The van der Waals surface area contributed by atoms with Gasteiger partial charge in [-0.1, -0.05) is 34.3 Å². The van der Waals surface area contributed by atoms with Crippen LogP contribution in [-0.2, 0) is 25.8 Å². The zero-order valence-electron chi connectivity index (χ0n) is 20.0. The molecule has 2 amide bonds. The highest BCUT2D eigenvalue weighted by Gasteiger charge is 2.54. The number of amides is 2. The molecule has 4 heterocycles. The molecule has 1 unspecified atom stereocenters. The summed E-state index contributed by atoms with van der Waals surface area (Å²) in [6, 6.07) is 3.85. The van der Waals surface area contributed by atoms with E-state index in [0.29, 0.717) is 31.5 Å². The van der Waals surface area contributed by atoms with Crippen molar-refractivity contribution < 1.29 is 29.4 Å². The van der Waals surface area contributed by atoms with Gasteiger partial charge in [-0.25, -0.2) is 9.78 Å². The maximum Gasteiger partial charge on any atom is 0.352 e. The Hall–Kier alpha value is -3.19. The molecule has 208 valence electrons. The van der Waals surface area contributed by atoms with E-state index in [9.17, 15) is 24.6 Å². The van der Waals surface area contributed by atoms with Gasteiger partial charge < -0.3 is 26.1 Å². The first-order valence-electron chi connectivity index (χ1n) is 11.2. The number of hydrogen-bond acceptors (Lipinski definition) is 14. The second-order valence-corrected chi connectivity index (χ2v) is 13.1. The van der Waals surface area contributed by atoms with Crippen LogP contribution in [0.4, 0.5) is 5.13 Å². The first kappa shape index (κ1) is 28.3. The number of aromatic nitrogens is 3. The van der Waals surface area contributed by atoms with E-state index in [1.54, 1.807) is 17.6 Å². The van der Waals surface area contributed by atoms with Crippen LogP contribution in [0.25, 0.3) is 0 Å². The van der Waals surface area contributed by atoms with Gasteiger partial charge in [0.15, 0.2) is 15.2 Å². The van der Waals surface area contributed by atoms with Crippen LogP contribution in [0.1, 0.15) is 11.3 Å². The average molecular weight is 685 g/mol. The summed E-state index contributed by atoms with van der Waals surface area (Å²) < 4.78 is 1.21. The first-order valence-corrected chi connectivity index (χ1v) is 15.8. The number of β-lactam (4-membered cyclic amide) rings is 1. The Labute approximate surface area is 251 Å². The van der Waals surface area contributed by atoms with Gasteiger partial charge in [-0.3, -0.25) is 14.5 Å². The summed E-state index contributed by atoms with van der Waals surface area (Å²) in [6.45, 7) is -0.0591. The number of carbonyl (C=O) groups excluding carboxylic acids is 2. The molecule has 1 fully saturated rings. The van der Waals surface area contributed by atoms with Crippen molar-refractivity contribution in [1.29, 1.82) is 0 Å². The Bertz CT molecular complexity index is 1530. The molecule has 2 aromatic heterocycles. The van der Waals surface area contributed by atoms with Crippen LogP contribution >= 0.6 is 62.1 Å². The third-order valence-corrected chi connectivity index (χ3v) is 10.3. The van der Waals surface area contributed by atoms with Crippen molar-refractivity contribution in [1.82, 2.24) is 25.4 Å². The number of fused-ring (bicyclic) bond motifs is 1. The fraction of sp³-hybridized carbons (Fsp3) is 0.227. The lowest BCUT2D eigenvalue weighted by molar-refractivity contribution is -0.150. The monoisotopic (exact) mass is 683 g/mol. The third kappa shape index (κ3) is 5.95. The lowest BCUT2D eigenvalue weighted by atomic mass is 10.0. The van der Waals surface area contributed by atoms with Crippen LogP contribution < -0.4 is 11.1 Å². The number of benzene rings is 1. The van der Waals surface area contributed by atoms with Gasteiger partial charge in [-0.2, -0.15) is 0 Å². The lowest BCUT2D eigenvalue weighted by Gasteiger charge is -2.49. The molecule has 2 aliphatic heterocycles. The lowest BCUT2D eigenvalue weighted by Crippen LogP contribution is -2.71. The summed E-state index contributed by atoms with van der Waals surface area (Å²) in [5.41, 5.74) is 8.37. The fourth-order valence-electron chi connectivity index (χ4n) is 3.80. The summed E-state index contributed by atoms with van der Waals surface area (Å²) in [7, 11) is 0. The Morgan fingerprint density at radius 3 is 2.85 bits per heavy atom. The van der Waals surface area contributed by atoms with E-state index in [4.69, 9.17) is 10.6 Å². The first-order chi connectivity index (χ1) is 19.2. The normalized spacial score (nSPS) is 18.8. The number of aromatic hydroxyl groups is 1. The van der Waals surface area contributed by atoms with Gasteiger partial charge in [-0.15, -0.1) is 33.3 Å². The number of hydrogen-bond donors (Lipinski definition) is 4. The molecule has 5 rings (SSSR count). The number of halogens is 1. The van der Waals surface area contributed by atoms with E-state index < -0.39 is 29.2 Å². The molecule has 13 nitrogen and oxygen atoms in total. The molecule has 5 N–H and O–H groups in total. The number of nitrogens with one attached hydrogen (secondary N) is 1. The Morgan fingerprint density at radius 1 is 1.35 bits per heavy atom. The van der Waals surface area contributed by atoms with Gasteiger partial charge in [0.05, 0.1) is 4.47 Å². The number of nitrogens with zero attached hydrogens (tertiary/aromatic N) is 5. The smallest absolute Gasteiger partial charge is 0.352 e. The maximum absolute atomic E-state index is 13.3. The van der Waals surface area contributed by atoms with Gasteiger partial charge in [0.1, 0.15) is 40.7 Å². The summed E-state index contributed by atoms with van der Waals surface area (Å²) in [5, 5.41) is 35.2. The standard InChI is InChI=1S/C22H18BrN7O6S4/c23-11-2-1-9(3-13(11)31)4-36-29-14(12-7-38-21(24)26-12)17(32)27-15-18(33)30-16(20(34)35)10(5-37-19(15)30)6-39-22-28-25-8-40-22/h1-3,7-8,15,19,31H,4-6H2,(H2,24,26)(H,27,32)(H,34,35)/t15?,19-/m0/s1. The number of anilines is 1. The minimum atomic E-state index is -1.22. The summed E-state index contributed by atoms with van der Waals surface area (Å²) in [6.07, 6.45) is 0. The van der Waals surface area contributed by atoms with Crippen LogP contribution in [0.5, 0.6) is 5.75 Å². The molecular formula is C22H18BrN7O6S4. The topological polar surface area (TPSA) is 193 Å². The molecule has 1 aromatic carbocycles. The summed E-state index contributed by atoms with van der Waals surface area (Å²) in [5.74, 6) is -1.78.